The second kappa shape index (κ2) is 9.20. The maximum absolute atomic E-state index is 12.6. The van der Waals surface area contributed by atoms with Gasteiger partial charge < -0.3 is 16.0 Å². The van der Waals surface area contributed by atoms with E-state index in [1.54, 1.807) is 0 Å². The van der Waals surface area contributed by atoms with Gasteiger partial charge in [-0.25, -0.2) is 0 Å². The summed E-state index contributed by atoms with van der Waals surface area (Å²) in [7, 11) is 0. The number of anilines is 1. The molecule has 0 aliphatic carbocycles. The van der Waals surface area contributed by atoms with Crippen LogP contribution in [0.4, 0.5) is 5.69 Å². The van der Waals surface area contributed by atoms with E-state index in [1.807, 2.05) is 13.8 Å². The van der Waals surface area contributed by atoms with E-state index in [-0.39, 0.29) is 5.91 Å². The van der Waals surface area contributed by atoms with E-state index in [2.05, 4.69) is 52.4 Å². The minimum atomic E-state index is -0.411. The fraction of sp³-hybridized carbons (Fsp3) is 0.650. The van der Waals surface area contributed by atoms with Crippen molar-refractivity contribution in [2.45, 2.75) is 39.7 Å². The Hall–Kier alpha value is -1.59. The van der Waals surface area contributed by atoms with Gasteiger partial charge in [-0.3, -0.25) is 9.69 Å². The summed E-state index contributed by atoms with van der Waals surface area (Å²) in [4.78, 5) is 17.5. The molecule has 0 aromatic heterocycles. The standard InChI is InChI=1S/C20H34N4O/c1-4-20(5-2,16-21)19(25)22-15-17(3)23-11-13-24(14-12-23)18-9-7-6-8-10-18/h6-10,17H,4-5,11-16,21H2,1-3H3,(H,22,25). The second-order valence-electron chi connectivity index (χ2n) is 7.11. The molecule has 1 unspecified atom stereocenters. The lowest BCUT2D eigenvalue weighted by Crippen LogP contribution is -2.54. The lowest BCUT2D eigenvalue weighted by atomic mass is 9.81. The number of amides is 1. The minimum Gasteiger partial charge on any atom is -0.369 e. The molecule has 1 aromatic carbocycles. The largest absolute Gasteiger partial charge is 0.369 e. The zero-order valence-corrected chi connectivity index (χ0v) is 16.0. The summed E-state index contributed by atoms with van der Waals surface area (Å²) in [6.07, 6.45) is 1.58. The number of carbonyl (C=O) groups is 1. The third-order valence-electron chi connectivity index (χ3n) is 5.84. The van der Waals surface area contributed by atoms with Crippen molar-refractivity contribution in [3.8, 4) is 0 Å². The van der Waals surface area contributed by atoms with Crippen molar-refractivity contribution in [3.05, 3.63) is 30.3 Å². The van der Waals surface area contributed by atoms with Gasteiger partial charge in [0, 0.05) is 51.0 Å². The van der Waals surface area contributed by atoms with E-state index < -0.39 is 5.41 Å². The molecule has 1 aliphatic heterocycles. The van der Waals surface area contributed by atoms with Crippen LogP contribution < -0.4 is 16.0 Å². The summed E-state index contributed by atoms with van der Waals surface area (Å²) in [5.74, 6) is 0.106. The molecule has 25 heavy (non-hydrogen) atoms. The SMILES string of the molecule is CCC(CC)(CN)C(=O)NCC(C)N1CCN(c2ccccc2)CC1. The number of para-hydroxylation sites is 1. The Morgan fingerprint density at radius 2 is 1.76 bits per heavy atom. The number of hydrogen-bond acceptors (Lipinski definition) is 4. The van der Waals surface area contributed by atoms with Gasteiger partial charge in [-0.2, -0.15) is 0 Å². The van der Waals surface area contributed by atoms with Crippen molar-refractivity contribution >= 4 is 11.6 Å². The zero-order valence-electron chi connectivity index (χ0n) is 16.0. The van der Waals surface area contributed by atoms with Crippen LogP contribution in [0.5, 0.6) is 0 Å². The van der Waals surface area contributed by atoms with Gasteiger partial charge in [-0.15, -0.1) is 0 Å². The first-order valence-corrected chi connectivity index (χ1v) is 9.58. The molecule has 1 atom stereocenters. The molecule has 1 amide bonds. The molecule has 1 heterocycles. The Bertz CT molecular complexity index is 513. The topological polar surface area (TPSA) is 61.6 Å². The Morgan fingerprint density at radius 1 is 1.16 bits per heavy atom. The number of carbonyl (C=O) groups excluding carboxylic acids is 1. The first-order valence-electron chi connectivity index (χ1n) is 9.58. The van der Waals surface area contributed by atoms with Gasteiger partial charge in [0.1, 0.15) is 0 Å². The van der Waals surface area contributed by atoms with Crippen LogP contribution in [0.25, 0.3) is 0 Å². The summed E-state index contributed by atoms with van der Waals surface area (Å²) in [5, 5.41) is 3.14. The second-order valence-corrected chi connectivity index (χ2v) is 7.11. The van der Waals surface area contributed by atoms with Gasteiger partial charge in [0.25, 0.3) is 0 Å². The van der Waals surface area contributed by atoms with Crippen LogP contribution in [0.2, 0.25) is 0 Å². The number of rotatable bonds is 8. The van der Waals surface area contributed by atoms with E-state index >= 15 is 0 Å². The van der Waals surface area contributed by atoms with Crippen LogP contribution in [0.15, 0.2) is 30.3 Å². The predicted octanol–water partition coefficient (Wildman–Crippen LogP) is 2.08. The highest BCUT2D eigenvalue weighted by molar-refractivity contribution is 5.82. The molecule has 1 aliphatic rings. The molecule has 0 radical (unpaired) electrons. The zero-order chi connectivity index (χ0) is 18.3. The van der Waals surface area contributed by atoms with E-state index in [4.69, 9.17) is 5.73 Å². The predicted molar refractivity (Wildman–Crippen MR) is 105 cm³/mol. The van der Waals surface area contributed by atoms with Crippen molar-refractivity contribution in [2.75, 3.05) is 44.2 Å². The maximum Gasteiger partial charge on any atom is 0.227 e. The number of nitrogens with zero attached hydrogens (tertiary/aromatic N) is 2. The smallest absolute Gasteiger partial charge is 0.227 e. The Labute approximate surface area is 152 Å². The van der Waals surface area contributed by atoms with Crippen LogP contribution >= 0.6 is 0 Å². The number of benzene rings is 1. The van der Waals surface area contributed by atoms with Gasteiger partial charge in [-0.05, 0) is 31.9 Å². The highest BCUT2D eigenvalue weighted by Crippen LogP contribution is 2.25. The van der Waals surface area contributed by atoms with Crippen molar-refractivity contribution in [1.82, 2.24) is 10.2 Å². The lowest BCUT2D eigenvalue weighted by molar-refractivity contribution is -0.131. The minimum absolute atomic E-state index is 0.106. The number of nitrogens with one attached hydrogen (secondary N) is 1. The van der Waals surface area contributed by atoms with E-state index in [9.17, 15) is 4.79 Å². The number of hydrogen-bond donors (Lipinski definition) is 2. The van der Waals surface area contributed by atoms with E-state index in [0.29, 0.717) is 19.1 Å². The monoisotopic (exact) mass is 346 g/mol. The fourth-order valence-electron chi connectivity index (χ4n) is 3.57. The van der Waals surface area contributed by atoms with Gasteiger partial charge in [0.15, 0.2) is 0 Å². The van der Waals surface area contributed by atoms with E-state index in [0.717, 1.165) is 39.0 Å². The lowest BCUT2D eigenvalue weighted by Gasteiger charge is -2.39. The molecule has 0 saturated carbocycles. The molecule has 1 saturated heterocycles. The molecule has 140 valence electrons. The van der Waals surface area contributed by atoms with Crippen LogP contribution in [-0.4, -0.2) is 56.1 Å². The molecule has 2 rings (SSSR count). The van der Waals surface area contributed by atoms with Gasteiger partial charge >= 0.3 is 0 Å². The number of nitrogens with two attached hydrogens (primary N) is 1. The quantitative estimate of drug-likeness (QED) is 0.756. The average Bonchev–Trinajstić information content (AvgIpc) is 2.68. The molecule has 1 fully saturated rings. The summed E-state index contributed by atoms with van der Waals surface area (Å²) in [6, 6.07) is 10.9. The third kappa shape index (κ3) is 4.73. The van der Waals surface area contributed by atoms with Gasteiger partial charge in [0.2, 0.25) is 5.91 Å². The Kier molecular flexibility index (Phi) is 7.26. The molecule has 0 bridgehead atoms. The average molecular weight is 347 g/mol. The first kappa shape index (κ1) is 19.7. The molecule has 0 spiro atoms. The summed E-state index contributed by atoms with van der Waals surface area (Å²) in [6.45, 7) is 11.5. The van der Waals surface area contributed by atoms with Crippen LogP contribution in [0.3, 0.4) is 0 Å². The Balaban J connectivity index is 1.81. The molecular formula is C20H34N4O. The molecule has 5 nitrogen and oxygen atoms in total. The van der Waals surface area contributed by atoms with Crippen molar-refractivity contribution in [3.63, 3.8) is 0 Å². The first-order chi connectivity index (χ1) is 12.1. The van der Waals surface area contributed by atoms with Crippen molar-refractivity contribution < 1.29 is 4.79 Å². The van der Waals surface area contributed by atoms with Crippen LogP contribution in [-0.2, 0) is 4.79 Å². The molecule has 3 N–H and O–H groups in total. The van der Waals surface area contributed by atoms with E-state index in [1.165, 1.54) is 5.69 Å². The highest BCUT2D eigenvalue weighted by atomic mass is 16.2. The summed E-state index contributed by atoms with van der Waals surface area (Å²) in [5.41, 5.74) is 6.75. The maximum atomic E-state index is 12.6. The van der Waals surface area contributed by atoms with Crippen molar-refractivity contribution in [2.24, 2.45) is 11.1 Å². The van der Waals surface area contributed by atoms with Crippen LogP contribution in [0, 0.1) is 5.41 Å². The Morgan fingerprint density at radius 3 is 2.28 bits per heavy atom. The highest BCUT2D eigenvalue weighted by Gasteiger charge is 2.33. The number of piperazine rings is 1. The van der Waals surface area contributed by atoms with Crippen molar-refractivity contribution in [1.29, 1.82) is 0 Å². The fourth-order valence-corrected chi connectivity index (χ4v) is 3.57. The van der Waals surface area contributed by atoms with Gasteiger partial charge in [-0.1, -0.05) is 32.0 Å². The van der Waals surface area contributed by atoms with Crippen LogP contribution in [0.1, 0.15) is 33.6 Å². The normalized spacial score (nSPS) is 17.4. The molecular weight excluding hydrogens is 312 g/mol. The van der Waals surface area contributed by atoms with Gasteiger partial charge in [0.05, 0.1) is 5.41 Å². The third-order valence-corrected chi connectivity index (χ3v) is 5.84. The molecule has 1 aromatic rings. The summed E-state index contributed by atoms with van der Waals surface area (Å²) >= 11 is 0. The summed E-state index contributed by atoms with van der Waals surface area (Å²) < 4.78 is 0. The molecule has 5 heteroatoms.